The fourth-order valence-electron chi connectivity index (χ4n) is 11.4. The van der Waals surface area contributed by atoms with Crippen molar-refractivity contribution in [3.63, 3.8) is 0 Å². The standard InChI is InChI=1S/C21H18N2O.C13H13BO2.2C8H8ClN3.C8H9N3O.C7H5ClN2.C7H9N3O2.C7H11N3.C5H3ClN2O2.C3H8.C2H7N.8C2H6.2ClH.Na.Sn.H/c1-2-23-20-6-4-3-5-19(20)22-21(23)17-9-7-15(8-10-17)16-11-13-18(24)14-12-16;1-10-2-4-11(5-3-10)12-6-8-13(9-7-12)14(15)16;2*1-2-12-7-6(11-8(12)9)4-3-5-10-7;1-2-11-7-6(10-8(11)12)4-3-5-9-7;8-7-9-5-3-1-2-4-6(5)10-7;1-2-8-7-6(10(11)12)4-3-5-9-7;1-2-9-7-6(8)4-3-5-10-7;6-5-4(8(9)10)2-1-3-7-5;1-3-2;1-2-3;8*1-2;;;;;/h3-14,24H,2H2,1H3;2-9,15-16H,1H3;2*3-5H,2H2,1H3;3-5H,2H2,1H3,(H,10,12);1-4H,(H,9,10);3-5H,2H2,1H3,(H,8,9);3-5H,2,8H2,1H3,(H,9,10);1-3H;3H2,1-2H3;2-3H2,1H3;8*1-2H3;2*1H;;;/q;;;;;;;;;;;;;;;;;;;;;+1;+2;-1/p-2. The summed E-state index contributed by atoms with van der Waals surface area (Å²) in [7, 11) is 8.47. The molecule has 30 nitrogen and oxygen atoms in total. The Hall–Kier alpha value is -11.1. The fraction of sp³-hybridized carbons (Fsp3) is 0.324. The molecule has 0 amide bonds. The first-order valence-electron chi connectivity index (χ1n) is 48.0. The Morgan fingerprint density at radius 2 is 0.778 bits per heavy atom. The Labute approximate surface area is 912 Å². The van der Waals surface area contributed by atoms with Crippen LogP contribution in [0.3, 0.4) is 0 Å². The van der Waals surface area contributed by atoms with Crippen LogP contribution in [0.5, 0.6) is 5.75 Å². The molecule has 776 valence electrons. The van der Waals surface area contributed by atoms with Gasteiger partial charge in [0.05, 0.1) is 43.1 Å². The van der Waals surface area contributed by atoms with Gasteiger partial charge in [-0.05, 0) is 215 Å². The largest absolute Gasteiger partial charge is 1.00 e. The number of H-pyrrole nitrogens is 2. The van der Waals surface area contributed by atoms with Crippen molar-refractivity contribution in [3.05, 3.63) is 313 Å². The zero-order chi connectivity index (χ0) is 109. The summed E-state index contributed by atoms with van der Waals surface area (Å²) in [4.78, 5) is 77.4. The van der Waals surface area contributed by atoms with Gasteiger partial charge in [0.15, 0.2) is 16.9 Å². The van der Waals surface area contributed by atoms with Crippen molar-refractivity contribution in [3.8, 4) is 39.4 Å². The summed E-state index contributed by atoms with van der Waals surface area (Å²) in [5, 5.41) is 55.1. The zero-order valence-corrected chi connectivity index (χ0v) is 97.8. The maximum absolute atomic E-state index is 11.2. The minimum Gasteiger partial charge on any atom is -1.00 e. The van der Waals surface area contributed by atoms with Gasteiger partial charge in [-0.1, -0.05) is 264 Å². The van der Waals surface area contributed by atoms with Crippen molar-refractivity contribution in [1.82, 2.24) is 78.1 Å². The molecule has 0 unspecified atom stereocenters. The van der Waals surface area contributed by atoms with Crippen LogP contribution < -0.4 is 62.8 Å². The number of benzene rings is 6. The normalized spacial score (nSPS) is 9.19. The van der Waals surface area contributed by atoms with Crippen molar-refractivity contribution < 1.29 is 56.0 Å². The average molecular weight is 2210 g/mol. The number of aromatic nitrogens is 16. The first kappa shape index (κ1) is 139. The Balaban J connectivity index is -0.000000498. The number of rotatable bonds is 14. The SMILES string of the molecule is CC.CC.CC.CC.CC.CC.CC.CC.CCC.CCN.CCNc1ncccc1N.CCNc1ncccc1[N+](=O)[O-].CCn1c(-c2ccc(-c3ccc(O)cc3)cc2)nc2ccccc21.CCn1c(=O)[nH]c2cccnc21.CCn1c(Cl)nc2cccnc21.CCn1c(Cl)nc2cccnc21.Cc1ccc(-c2ccc(B(O)O)cc2)cc1.Clc1nc2ccccc2[nH]1.O=[N+]([O-])c1cccnc1Cl.[Cl][Sn][Cl].[H-].[Na+]. The number of halogens is 6. The molecule has 0 aliphatic carbocycles. The number of phenolic OH excluding ortho intramolecular Hbond substituents is 1. The molecule has 0 bridgehead atoms. The number of phenols is 1. The number of hydrogen-bond donors (Lipinski definition) is 9. The summed E-state index contributed by atoms with van der Waals surface area (Å²) in [5.41, 5.74) is 27.2. The molecule has 0 aliphatic rings. The molecule has 17 rings (SSSR count). The van der Waals surface area contributed by atoms with E-state index in [-0.39, 0.29) is 59.0 Å². The molecule has 11 aromatic heterocycles. The van der Waals surface area contributed by atoms with Crippen LogP contribution >= 0.6 is 64.2 Å². The Morgan fingerprint density at radius 3 is 1.20 bits per heavy atom. The van der Waals surface area contributed by atoms with Gasteiger partial charge in [0.25, 0.3) is 0 Å². The minimum absolute atomic E-state index is 0. The van der Waals surface area contributed by atoms with E-state index in [2.05, 4.69) is 158 Å². The van der Waals surface area contributed by atoms with Crippen LogP contribution in [0.25, 0.3) is 89.2 Å². The third kappa shape index (κ3) is 49.6. The van der Waals surface area contributed by atoms with Crippen LogP contribution in [0, 0.1) is 27.2 Å². The van der Waals surface area contributed by atoms with Crippen LogP contribution in [0.2, 0.25) is 21.0 Å². The Bertz CT molecular complexity index is 6120. The van der Waals surface area contributed by atoms with Crippen molar-refractivity contribution in [2.24, 2.45) is 5.73 Å². The molecule has 144 heavy (non-hydrogen) atoms. The first-order valence-corrected chi connectivity index (χ1v) is 56.7. The van der Waals surface area contributed by atoms with Crippen LogP contribution in [-0.2, 0) is 26.2 Å². The third-order valence-electron chi connectivity index (χ3n) is 17.1. The maximum atomic E-state index is 11.2. The molecule has 0 fully saturated rings. The van der Waals surface area contributed by atoms with E-state index in [0.29, 0.717) is 45.9 Å². The van der Waals surface area contributed by atoms with E-state index in [4.69, 9.17) is 90.7 Å². The molecule has 6 aromatic carbocycles. The number of aryl methyl sites for hydroxylation is 5. The molecule has 0 spiro atoms. The van der Waals surface area contributed by atoms with Crippen molar-refractivity contribution in [1.29, 1.82) is 0 Å². The minimum atomic E-state index is -1.40. The Kier molecular flexibility index (Phi) is 83.3. The average Bonchev–Trinajstić information content (AvgIpc) is 1.64. The van der Waals surface area contributed by atoms with Crippen molar-refractivity contribution in [2.45, 2.75) is 213 Å². The van der Waals surface area contributed by atoms with Gasteiger partial charge in [-0.25, -0.2) is 54.6 Å². The van der Waals surface area contributed by atoms with Gasteiger partial charge in [0.2, 0.25) is 26.8 Å². The molecule has 0 saturated carbocycles. The summed E-state index contributed by atoms with van der Waals surface area (Å²) < 4.78 is 7.59. The smallest absolute Gasteiger partial charge is 1.00 e. The second kappa shape index (κ2) is 86.2. The van der Waals surface area contributed by atoms with Crippen molar-refractivity contribution in [2.75, 3.05) is 36.0 Å². The number of para-hydroxylation sites is 4. The molecule has 39 heteroatoms. The molecule has 17 aromatic rings. The third-order valence-corrected chi connectivity index (χ3v) is 18.2. The quantitative estimate of drug-likeness (QED) is 0.0211. The van der Waals surface area contributed by atoms with Crippen LogP contribution in [0.15, 0.2) is 260 Å². The van der Waals surface area contributed by atoms with Gasteiger partial charge in [-0.2, -0.15) is 0 Å². The molecule has 11 heterocycles. The number of nitrogen functional groups attached to an aromatic ring is 1. The topological polar surface area (TPSA) is 420 Å². The summed E-state index contributed by atoms with van der Waals surface area (Å²) >= 11 is 21.9. The number of nitro groups is 2. The van der Waals surface area contributed by atoms with E-state index in [0.717, 1.165) is 128 Å². The molecule has 11 N–H and O–H groups in total. The number of nitrogens with two attached hydrogens (primary N) is 2. The number of nitrogens with zero attached hydrogens (tertiary/aromatic N) is 16. The van der Waals surface area contributed by atoms with Gasteiger partial charge in [0, 0.05) is 94.1 Å². The number of nitrogens with one attached hydrogen (secondary N) is 4. The number of pyridine rings is 6. The fourth-order valence-corrected chi connectivity index (χ4v) is 12.4. The molecule has 0 saturated heterocycles. The van der Waals surface area contributed by atoms with Crippen molar-refractivity contribution >= 4 is 180 Å². The van der Waals surface area contributed by atoms with E-state index in [9.17, 15) is 30.1 Å². The maximum Gasteiger partial charge on any atom is 1.00 e. The first-order chi connectivity index (χ1) is 69.3. The molecular formula is C105H148BCl6N22NaO8Sn. The monoisotopic (exact) mass is 2210 g/mol. The van der Waals surface area contributed by atoms with Gasteiger partial charge in [0.1, 0.15) is 28.4 Å². The van der Waals surface area contributed by atoms with Gasteiger partial charge in [-0.15, -0.1) is 0 Å². The van der Waals surface area contributed by atoms with E-state index in [1.165, 1.54) is 42.6 Å². The predicted octanol–water partition coefficient (Wildman–Crippen LogP) is 25.5. The predicted molar refractivity (Wildman–Crippen MR) is 612 cm³/mol. The molecule has 0 aliphatic heterocycles. The van der Waals surface area contributed by atoms with Gasteiger partial charge >= 0.3 is 90.5 Å². The van der Waals surface area contributed by atoms with Gasteiger partial charge in [-0.3, -0.25) is 33.9 Å². The van der Waals surface area contributed by atoms with E-state index >= 15 is 0 Å². The molecular weight excluding hydrogens is 2060 g/mol. The second-order valence-electron chi connectivity index (χ2n) is 26.1. The zero-order valence-electron chi connectivity index (χ0n) is 89.4. The van der Waals surface area contributed by atoms with E-state index in [1.807, 2.05) is 265 Å². The molecule has 2 radical (unpaired) electrons. The van der Waals surface area contributed by atoms with Crippen LogP contribution in [0.1, 0.15) is 187 Å². The number of imidazole rings is 5. The number of hydrogen-bond acceptors (Lipinski definition) is 22. The van der Waals surface area contributed by atoms with Crippen LogP contribution in [0.4, 0.5) is 28.7 Å². The van der Waals surface area contributed by atoms with E-state index in [1.54, 1.807) is 65.8 Å². The number of fused-ring (bicyclic) bond motifs is 5. The number of aromatic amines is 2. The Morgan fingerprint density at radius 1 is 0.424 bits per heavy atom. The number of aromatic hydroxyl groups is 1. The van der Waals surface area contributed by atoms with Gasteiger partial charge < -0.3 is 53.2 Å². The van der Waals surface area contributed by atoms with E-state index < -0.39 is 35.9 Å². The summed E-state index contributed by atoms with van der Waals surface area (Å²) in [6.45, 7) is 57.5. The molecule has 0 atom stereocenters. The second-order valence-corrected chi connectivity index (χ2v) is 31.7. The summed E-state index contributed by atoms with van der Waals surface area (Å²) in [5.74, 6) is 2.37. The number of anilines is 3. The summed E-state index contributed by atoms with van der Waals surface area (Å²) in [6.07, 6.45) is 11.1. The summed E-state index contributed by atoms with van der Waals surface area (Å²) in [6, 6.07) is 67.6. The van der Waals surface area contributed by atoms with Crippen LogP contribution in [-0.4, -0.2) is 149 Å².